The molecule has 0 aliphatic carbocycles. The zero-order chi connectivity index (χ0) is 8.43. The summed E-state index contributed by atoms with van der Waals surface area (Å²) >= 11 is 0. The molecule has 58 valence electrons. The molecule has 1 aromatic rings. The molecule has 1 rings (SSSR count). The predicted octanol–water partition coefficient (Wildman–Crippen LogP) is 3.24. The number of benzene rings is 1. The lowest BCUT2D eigenvalue weighted by atomic mass is 10.1. The van der Waals surface area contributed by atoms with Gasteiger partial charge in [-0.25, -0.2) is 4.39 Å². The third-order valence-corrected chi connectivity index (χ3v) is 1.53. The minimum atomic E-state index is -0.364. The zero-order valence-electron chi connectivity index (χ0n) is 6.82. The molecule has 0 N–H and O–H groups in total. The van der Waals surface area contributed by atoms with Crippen LogP contribution in [0.1, 0.15) is 16.7 Å². The number of aryl methyl sites for hydroxylation is 2. The number of hydrogen-bond donors (Lipinski definition) is 0. The maximum absolute atomic E-state index is 12.6. The molecule has 0 aromatic heterocycles. The lowest BCUT2D eigenvalue weighted by Gasteiger charge is -2.00. The van der Waals surface area contributed by atoms with Crippen LogP contribution in [0.4, 0.5) is 4.39 Å². The first kappa shape index (κ1) is 7.99. The van der Waals surface area contributed by atoms with E-state index in [1.807, 2.05) is 19.9 Å². The quantitative estimate of drug-likeness (QED) is 0.576. The molecular weight excluding hydrogens is 139 g/mol. The van der Waals surface area contributed by atoms with E-state index in [1.165, 1.54) is 0 Å². The summed E-state index contributed by atoms with van der Waals surface area (Å²) in [5.41, 5.74) is 2.72. The molecule has 0 saturated heterocycles. The molecule has 0 fully saturated rings. The van der Waals surface area contributed by atoms with Gasteiger partial charge in [0.15, 0.2) is 0 Å². The van der Waals surface area contributed by atoms with Crippen LogP contribution in [0.25, 0.3) is 5.83 Å². The third kappa shape index (κ3) is 1.90. The van der Waals surface area contributed by atoms with Crippen LogP contribution in [-0.2, 0) is 0 Å². The Hall–Kier alpha value is -1.11. The molecule has 0 aliphatic rings. The highest BCUT2D eigenvalue weighted by Gasteiger charge is 1.97. The van der Waals surface area contributed by atoms with Crippen molar-refractivity contribution in [1.29, 1.82) is 0 Å². The second kappa shape index (κ2) is 2.87. The fraction of sp³-hybridized carbons (Fsp3) is 0.200. The van der Waals surface area contributed by atoms with Crippen LogP contribution >= 0.6 is 0 Å². The second-order valence-electron chi connectivity index (χ2n) is 2.78. The summed E-state index contributed by atoms with van der Waals surface area (Å²) in [6, 6.07) is 5.58. The van der Waals surface area contributed by atoms with Crippen molar-refractivity contribution in [1.82, 2.24) is 0 Å². The van der Waals surface area contributed by atoms with Gasteiger partial charge in [0.25, 0.3) is 0 Å². The van der Waals surface area contributed by atoms with E-state index in [4.69, 9.17) is 0 Å². The highest BCUT2D eigenvalue weighted by Crippen LogP contribution is 2.16. The van der Waals surface area contributed by atoms with Crippen molar-refractivity contribution in [2.45, 2.75) is 13.8 Å². The maximum Gasteiger partial charge on any atom is 0.123 e. The van der Waals surface area contributed by atoms with Crippen molar-refractivity contribution in [3.8, 4) is 0 Å². The predicted molar refractivity (Wildman–Crippen MR) is 46.1 cm³/mol. The molecule has 0 unspecified atom stereocenters. The average Bonchev–Trinajstić information content (AvgIpc) is 1.85. The Morgan fingerprint density at radius 1 is 1.18 bits per heavy atom. The van der Waals surface area contributed by atoms with Crippen LogP contribution in [0.3, 0.4) is 0 Å². The summed E-state index contributed by atoms with van der Waals surface area (Å²) in [6.45, 7) is 7.13. The van der Waals surface area contributed by atoms with Gasteiger partial charge in [0.1, 0.15) is 5.83 Å². The van der Waals surface area contributed by atoms with E-state index >= 15 is 0 Å². The Labute approximate surface area is 66.4 Å². The minimum Gasteiger partial charge on any atom is -0.207 e. The molecule has 0 atom stereocenters. The van der Waals surface area contributed by atoms with Gasteiger partial charge in [-0.2, -0.15) is 0 Å². The highest BCUT2D eigenvalue weighted by molar-refractivity contribution is 5.58. The summed E-state index contributed by atoms with van der Waals surface area (Å²) in [5, 5.41) is 0. The molecule has 0 nitrogen and oxygen atoms in total. The van der Waals surface area contributed by atoms with Crippen molar-refractivity contribution in [2.75, 3.05) is 0 Å². The Kier molecular flexibility index (Phi) is 2.08. The largest absolute Gasteiger partial charge is 0.207 e. The molecule has 0 spiro atoms. The Morgan fingerprint density at radius 3 is 2.00 bits per heavy atom. The number of halogens is 1. The monoisotopic (exact) mass is 150 g/mol. The number of rotatable bonds is 1. The normalized spacial score (nSPS) is 9.73. The SMILES string of the molecule is C=C(F)c1cc(C)cc(C)c1. The molecule has 1 heteroatoms. The van der Waals surface area contributed by atoms with E-state index in [1.54, 1.807) is 12.1 Å². The van der Waals surface area contributed by atoms with Crippen molar-refractivity contribution < 1.29 is 4.39 Å². The molecular formula is C10H11F. The first-order valence-electron chi connectivity index (χ1n) is 3.52. The zero-order valence-corrected chi connectivity index (χ0v) is 6.82. The molecule has 1 aromatic carbocycles. The molecule has 0 aliphatic heterocycles. The van der Waals surface area contributed by atoms with Gasteiger partial charge in [0, 0.05) is 5.56 Å². The standard InChI is InChI=1S/C10H11F/c1-7-4-8(2)6-10(5-7)9(3)11/h4-6H,3H2,1-2H3. The van der Waals surface area contributed by atoms with Crippen LogP contribution in [0, 0.1) is 13.8 Å². The fourth-order valence-electron chi connectivity index (χ4n) is 1.13. The van der Waals surface area contributed by atoms with Crippen molar-refractivity contribution in [3.63, 3.8) is 0 Å². The summed E-state index contributed by atoms with van der Waals surface area (Å²) < 4.78 is 12.6. The van der Waals surface area contributed by atoms with Crippen LogP contribution in [-0.4, -0.2) is 0 Å². The lowest BCUT2D eigenvalue weighted by Crippen LogP contribution is -1.81. The minimum absolute atomic E-state index is 0.364. The summed E-state index contributed by atoms with van der Waals surface area (Å²) in [6.07, 6.45) is 0. The van der Waals surface area contributed by atoms with E-state index < -0.39 is 0 Å². The lowest BCUT2D eigenvalue weighted by molar-refractivity contribution is 0.763. The van der Waals surface area contributed by atoms with Crippen LogP contribution < -0.4 is 0 Å². The van der Waals surface area contributed by atoms with Gasteiger partial charge < -0.3 is 0 Å². The third-order valence-electron chi connectivity index (χ3n) is 1.53. The Morgan fingerprint density at radius 2 is 1.64 bits per heavy atom. The van der Waals surface area contributed by atoms with Gasteiger partial charge in [0.05, 0.1) is 0 Å². The summed E-state index contributed by atoms with van der Waals surface area (Å²) in [7, 11) is 0. The van der Waals surface area contributed by atoms with Gasteiger partial charge in [-0.1, -0.05) is 23.8 Å². The van der Waals surface area contributed by atoms with Gasteiger partial charge in [0.2, 0.25) is 0 Å². The summed E-state index contributed by atoms with van der Waals surface area (Å²) in [5.74, 6) is -0.364. The van der Waals surface area contributed by atoms with Crippen molar-refractivity contribution in [2.24, 2.45) is 0 Å². The second-order valence-corrected chi connectivity index (χ2v) is 2.78. The highest BCUT2D eigenvalue weighted by atomic mass is 19.1. The molecule has 0 bridgehead atoms. The Bertz CT molecular complexity index is 267. The van der Waals surface area contributed by atoms with Crippen molar-refractivity contribution in [3.05, 3.63) is 41.5 Å². The molecule has 11 heavy (non-hydrogen) atoms. The van der Waals surface area contributed by atoms with Gasteiger partial charge in [-0.05, 0) is 26.0 Å². The Balaban J connectivity index is 3.19. The average molecular weight is 150 g/mol. The van der Waals surface area contributed by atoms with Gasteiger partial charge in [-0.3, -0.25) is 0 Å². The van der Waals surface area contributed by atoms with Crippen LogP contribution in [0.5, 0.6) is 0 Å². The van der Waals surface area contributed by atoms with E-state index in [2.05, 4.69) is 6.58 Å². The first-order valence-corrected chi connectivity index (χ1v) is 3.52. The van der Waals surface area contributed by atoms with E-state index in [-0.39, 0.29) is 5.83 Å². The molecule has 0 amide bonds. The van der Waals surface area contributed by atoms with Crippen molar-refractivity contribution >= 4 is 5.83 Å². The fourth-order valence-corrected chi connectivity index (χ4v) is 1.13. The first-order chi connectivity index (χ1) is 5.09. The molecule has 0 heterocycles. The smallest absolute Gasteiger partial charge is 0.123 e. The van der Waals surface area contributed by atoms with Gasteiger partial charge >= 0.3 is 0 Å². The van der Waals surface area contributed by atoms with Gasteiger partial charge in [-0.15, -0.1) is 0 Å². The van der Waals surface area contributed by atoms with E-state index in [0.29, 0.717) is 5.56 Å². The summed E-state index contributed by atoms with van der Waals surface area (Å²) in [4.78, 5) is 0. The number of hydrogen-bond acceptors (Lipinski definition) is 0. The van der Waals surface area contributed by atoms with Crippen LogP contribution in [0.2, 0.25) is 0 Å². The van der Waals surface area contributed by atoms with Crippen LogP contribution in [0.15, 0.2) is 24.8 Å². The van der Waals surface area contributed by atoms with E-state index in [9.17, 15) is 4.39 Å². The molecule has 0 saturated carbocycles. The molecule has 0 radical (unpaired) electrons. The maximum atomic E-state index is 12.6. The topological polar surface area (TPSA) is 0 Å². The van der Waals surface area contributed by atoms with E-state index in [0.717, 1.165) is 11.1 Å².